The Kier molecular flexibility index (Phi) is 4.64. The first-order chi connectivity index (χ1) is 11.9. The second-order valence-corrected chi connectivity index (χ2v) is 7.90. The molecule has 2 aliphatic heterocycles. The molecule has 0 aliphatic carbocycles. The third-order valence-electron chi connectivity index (χ3n) is 4.75. The molecule has 1 unspecified atom stereocenters. The maximum Gasteiger partial charge on any atom is 0.345 e. The van der Waals surface area contributed by atoms with Gasteiger partial charge in [0.25, 0.3) is 0 Å². The van der Waals surface area contributed by atoms with Gasteiger partial charge in [-0.05, 0) is 19.2 Å². The van der Waals surface area contributed by atoms with Crippen molar-refractivity contribution in [1.29, 1.82) is 0 Å². The molecule has 3 rings (SSSR count). The van der Waals surface area contributed by atoms with Gasteiger partial charge in [0.05, 0.1) is 29.6 Å². The van der Waals surface area contributed by atoms with E-state index in [-0.39, 0.29) is 4.91 Å². The molecule has 0 N–H and O–H groups in total. The van der Waals surface area contributed by atoms with Gasteiger partial charge in [0, 0.05) is 23.9 Å². The molecule has 2 heterocycles. The lowest BCUT2D eigenvalue weighted by Crippen LogP contribution is -2.47. The highest BCUT2D eigenvalue weighted by atomic mass is 32.2. The molecule has 5 nitrogen and oxygen atoms in total. The predicted octanol–water partition coefficient (Wildman–Crippen LogP) is 3.27. The topological polar surface area (TPSA) is 55.8 Å². The number of carbonyl (C=O) groups is 2. The number of para-hydroxylation sites is 1. The summed E-state index contributed by atoms with van der Waals surface area (Å²) in [6.07, 6.45) is 1.97. The maximum absolute atomic E-state index is 12.7. The van der Waals surface area contributed by atoms with Crippen molar-refractivity contribution < 1.29 is 19.1 Å². The summed E-state index contributed by atoms with van der Waals surface area (Å²) in [7, 11) is 4.57. The first kappa shape index (κ1) is 17.9. The second-order valence-electron chi connectivity index (χ2n) is 5.80. The van der Waals surface area contributed by atoms with Crippen LogP contribution in [0.25, 0.3) is 5.57 Å². The minimum Gasteiger partial charge on any atom is -0.466 e. The highest BCUT2D eigenvalue weighted by molar-refractivity contribution is 8.24. The summed E-state index contributed by atoms with van der Waals surface area (Å²) >= 11 is 2.84. The van der Waals surface area contributed by atoms with E-state index in [2.05, 4.69) is 0 Å². The molecule has 0 saturated heterocycles. The van der Waals surface area contributed by atoms with Crippen LogP contribution < -0.4 is 4.90 Å². The number of rotatable bonds is 3. The van der Waals surface area contributed by atoms with Crippen molar-refractivity contribution >= 4 is 46.7 Å². The number of ether oxygens (including phenoxy) is 2. The van der Waals surface area contributed by atoms with E-state index in [1.165, 1.54) is 26.0 Å². The van der Waals surface area contributed by atoms with Crippen molar-refractivity contribution in [2.75, 3.05) is 32.4 Å². The van der Waals surface area contributed by atoms with Crippen LogP contribution >= 0.6 is 23.5 Å². The van der Waals surface area contributed by atoms with Crippen LogP contribution in [-0.2, 0) is 19.1 Å². The molecule has 1 aromatic carbocycles. The fourth-order valence-electron chi connectivity index (χ4n) is 3.44. The summed E-state index contributed by atoms with van der Waals surface area (Å²) in [6.45, 7) is 1.95. The summed E-state index contributed by atoms with van der Waals surface area (Å²) in [5, 5.41) is 0. The summed E-state index contributed by atoms with van der Waals surface area (Å²) < 4.78 is 10.9. The van der Waals surface area contributed by atoms with E-state index in [1.807, 2.05) is 49.4 Å². The average Bonchev–Trinajstić information content (AvgIpc) is 2.87. The van der Waals surface area contributed by atoms with E-state index in [0.717, 1.165) is 21.1 Å². The van der Waals surface area contributed by atoms with Gasteiger partial charge in [0.15, 0.2) is 0 Å². The lowest BCUT2D eigenvalue weighted by molar-refractivity contribution is -0.139. The Morgan fingerprint density at radius 1 is 1.16 bits per heavy atom. The Hall–Kier alpha value is -1.86. The number of anilines is 1. The van der Waals surface area contributed by atoms with Crippen LogP contribution in [0.4, 0.5) is 5.69 Å². The Labute approximate surface area is 155 Å². The minimum atomic E-state index is -0.802. The van der Waals surface area contributed by atoms with E-state index in [9.17, 15) is 9.59 Å². The second kappa shape index (κ2) is 6.46. The Morgan fingerprint density at radius 2 is 1.80 bits per heavy atom. The number of methoxy groups -OCH3 is 2. The van der Waals surface area contributed by atoms with Crippen molar-refractivity contribution in [3.05, 3.63) is 44.5 Å². The number of likely N-dealkylation sites (N-methyl/N-ethyl adjacent to an activating group) is 1. The number of fused-ring (bicyclic) bond motifs is 3. The zero-order valence-electron chi connectivity index (χ0n) is 14.7. The molecule has 0 aromatic heterocycles. The Balaban J connectivity index is 2.35. The normalized spacial score (nSPS) is 21.9. The smallest absolute Gasteiger partial charge is 0.345 e. The molecule has 0 bridgehead atoms. The van der Waals surface area contributed by atoms with Crippen LogP contribution in [0.5, 0.6) is 0 Å². The van der Waals surface area contributed by atoms with E-state index in [1.54, 1.807) is 11.8 Å². The number of hydrogen-bond donors (Lipinski definition) is 0. The summed E-state index contributed by atoms with van der Waals surface area (Å²) in [5.74, 6) is -1.05. The lowest BCUT2D eigenvalue weighted by atomic mass is 9.83. The molecule has 1 aromatic rings. The van der Waals surface area contributed by atoms with Gasteiger partial charge in [-0.25, -0.2) is 9.59 Å². The van der Waals surface area contributed by atoms with Gasteiger partial charge in [-0.1, -0.05) is 30.0 Å². The number of hydrogen-bond acceptors (Lipinski definition) is 7. The molecular formula is C18H19NO4S2. The number of thioether (sulfide) groups is 2. The summed E-state index contributed by atoms with van der Waals surface area (Å²) in [4.78, 5) is 27.4. The monoisotopic (exact) mass is 377 g/mol. The number of nitrogens with zero attached hydrogens (tertiary/aromatic N) is 1. The fourth-order valence-corrected chi connectivity index (χ4v) is 5.68. The number of benzene rings is 1. The molecule has 2 aliphatic rings. The van der Waals surface area contributed by atoms with Crippen LogP contribution in [-0.4, -0.2) is 45.0 Å². The van der Waals surface area contributed by atoms with E-state index in [0.29, 0.717) is 5.57 Å². The largest absolute Gasteiger partial charge is 0.466 e. The van der Waals surface area contributed by atoms with Gasteiger partial charge < -0.3 is 14.4 Å². The zero-order chi connectivity index (χ0) is 18.4. The molecule has 0 amide bonds. The van der Waals surface area contributed by atoms with Gasteiger partial charge in [-0.15, -0.1) is 11.8 Å². The van der Waals surface area contributed by atoms with Crippen molar-refractivity contribution in [1.82, 2.24) is 0 Å². The first-order valence-corrected chi connectivity index (χ1v) is 9.67. The van der Waals surface area contributed by atoms with Crippen molar-refractivity contribution in [3.63, 3.8) is 0 Å². The third-order valence-corrected chi connectivity index (χ3v) is 7.04. The Morgan fingerprint density at radius 3 is 2.40 bits per heavy atom. The standard InChI is InChI=1S/C18H19NO4S2/c1-18-12(10-8-6-7-9-11(10)19(18)2)17(24-5)25-14(16(21)23-4)13(18)15(20)22-3/h6-9H,1-5H3. The van der Waals surface area contributed by atoms with Gasteiger partial charge in [-0.3, -0.25) is 0 Å². The number of esters is 2. The van der Waals surface area contributed by atoms with Crippen molar-refractivity contribution in [3.8, 4) is 0 Å². The van der Waals surface area contributed by atoms with Gasteiger partial charge >= 0.3 is 11.9 Å². The summed E-state index contributed by atoms with van der Waals surface area (Å²) in [6, 6.07) is 8.00. The van der Waals surface area contributed by atoms with E-state index < -0.39 is 17.5 Å². The van der Waals surface area contributed by atoms with E-state index in [4.69, 9.17) is 9.47 Å². The third kappa shape index (κ3) is 2.40. The van der Waals surface area contributed by atoms with Crippen LogP contribution in [0.1, 0.15) is 12.5 Å². The zero-order valence-corrected chi connectivity index (χ0v) is 16.3. The average molecular weight is 377 g/mol. The molecule has 0 spiro atoms. The van der Waals surface area contributed by atoms with Crippen LogP contribution in [0, 0.1) is 0 Å². The summed E-state index contributed by atoms with van der Waals surface area (Å²) in [5.41, 5.74) is 2.62. The first-order valence-electron chi connectivity index (χ1n) is 7.63. The SMILES string of the molecule is COC(=O)C1=C(C(=O)OC)C2(C)C(=C(SC)S1)c1ccccc1N2C. The highest BCUT2D eigenvalue weighted by Crippen LogP contribution is 2.59. The molecule has 0 radical (unpaired) electrons. The van der Waals surface area contributed by atoms with E-state index >= 15 is 0 Å². The van der Waals surface area contributed by atoms with Gasteiger partial charge in [0.1, 0.15) is 4.91 Å². The number of carbonyl (C=O) groups excluding carboxylic acids is 2. The molecule has 7 heteroatoms. The predicted molar refractivity (Wildman–Crippen MR) is 102 cm³/mol. The quantitative estimate of drug-likeness (QED) is 0.749. The molecule has 0 fully saturated rings. The van der Waals surface area contributed by atoms with Crippen LogP contribution in [0.3, 0.4) is 0 Å². The molecule has 0 saturated carbocycles. The molecule has 25 heavy (non-hydrogen) atoms. The maximum atomic E-state index is 12.7. The molecule has 132 valence electrons. The van der Waals surface area contributed by atoms with Crippen LogP contribution in [0.15, 0.2) is 39.0 Å². The minimum absolute atomic E-state index is 0.282. The highest BCUT2D eigenvalue weighted by Gasteiger charge is 2.54. The van der Waals surface area contributed by atoms with Crippen molar-refractivity contribution in [2.45, 2.75) is 12.5 Å². The van der Waals surface area contributed by atoms with Gasteiger partial charge in [0.2, 0.25) is 0 Å². The van der Waals surface area contributed by atoms with Crippen LogP contribution in [0.2, 0.25) is 0 Å². The van der Waals surface area contributed by atoms with Gasteiger partial charge in [-0.2, -0.15) is 0 Å². The Bertz CT molecular complexity index is 830. The van der Waals surface area contributed by atoms with Crippen molar-refractivity contribution in [2.24, 2.45) is 0 Å². The lowest BCUT2D eigenvalue weighted by Gasteiger charge is -2.40. The molecule has 1 atom stereocenters. The molecular weight excluding hydrogens is 358 g/mol. The fraction of sp³-hybridized carbons (Fsp3) is 0.333.